The van der Waals surface area contributed by atoms with E-state index in [1.807, 2.05) is 41.3 Å². The molecule has 0 atom stereocenters. The molecule has 2 aromatic rings. The Kier molecular flexibility index (Phi) is 8.02. The van der Waals surface area contributed by atoms with E-state index in [0.717, 1.165) is 30.8 Å². The first-order chi connectivity index (χ1) is 14.7. The van der Waals surface area contributed by atoms with Gasteiger partial charge in [-0.25, -0.2) is 0 Å². The Morgan fingerprint density at radius 3 is 1.97 bits per heavy atom. The molecule has 1 aliphatic heterocycles. The van der Waals surface area contributed by atoms with Crippen LogP contribution >= 0.6 is 0 Å². The fourth-order valence-corrected chi connectivity index (χ4v) is 3.63. The molecular formula is C24H29N5O. The number of piperazine rings is 1. The highest BCUT2D eigenvalue weighted by molar-refractivity contribution is 5.97. The van der Waals surface area contributed by atoms with Crippen LogP contribution in [0.2, 0.25) is 0 Å². The highest BCUT2D eigenvalue weighted by atomic mass is 16.2. The number of hydrogen-bond acceptors (Lipinski definition) is 5. The molecule has 1 aliphatic rings. The third-order valence-electron chi connectivity index (χ3n) is 5.22. The molecule has 0 unspecified atom stereocenters. The van der Waals surface area contributed by atoms with E-state index in [4.69, 9.17) is 5.73 Å². The monoisotopic (exact) mass is 403 g/mol. The molecular weight excluding hydrogens is 374 g/mol. The van der Waals surface area contributed by atoms with E-state index in [9.17, 15) is 10.1 Å². The zero-order valence-electron chi connectivity index (χ0n) is 17.3. The molecule has 0 radical (unpaired) electrons. The molecule has 3 rings (SSSR count). The number of nitrogens with zero attached hydrogens (tertiary/aromatic N) is 4. The minimum absolute atomic E-state index is 0.175. The van der Waals surface area contributed by atoms with Crippen LogP contribution in [-0.4, -0.2) is 59.9 Å². The maximum atomic E-state index is 13.0. The van der Waals surface area contributed by atoms with Crippen molar-refractivity contribution in [2.24, 2.45) is 5.73 Å². The van der Waals surface area contributed by atoms with E-state index in [-0.39, 0.29) is 11.5 Å². The quantitative estimate of drug-likeness (QED) is 0.540. The Labute approximate surface area is 178 Å². The number of carbonyl (C=O) groups is 1. The summed E-state index contributed by atoms with van der Waals surface area (Å²) in [6.07, 6.45) is 1.72. The van der Waals surface area contributed by atoms with Crippen molar-refractivity contribution in [3.8, 4) is 6.07 Å². The highest BCUT2D eigenvalue weighted by Crippen LogP contribution is 2.14. The second-order valence-electron chi connectivity index (χ2n) is 7.45. The van der Waals surface area contributed by atoms with E-state index < -0.39 is 0 Å². The molecule has 1 saturated heterocycles. The maximum Gasteiger partial charge on any atom is 0.266 e. The average molecular weight is 404 g/mol. The summed E-state index contributed by atoms with van der Waals surface area (Å²) in [7, 11) is 0. The molecule has 0 saturated carbocycles. The first-order valence-corrected chi connectivity index (χ1v) is 10.3. The molecule has 0 aromatic heterocycles. The molecule has 6 heteroatoms. The summed E-state index contributed by atoms with van der Waals surface area (Å²) in [6, 6.07) is 22.3. The summed E-state index contributed by atoms with van der Waals surface area (Å²) in [4.78, 5) is 19.0. The number of carbonyl (C=O) groups excluding carboxylic acids is 1. The number of benzene rings is 2. The molecule has 156 valence electrons. The van der Waals surface area contributed by atoms with Crippen molar-refractivity contribution < 1.29 is 4.79 Å². The van der Waals surface area contributed by atoms with Crippen LogP contribution in [0.4, 0.5) is 0 Å². The van der Waals surface area contributed by atoms with E-state index >= 15 is 0 Å². The standard InChI is InChI=1S/C24H29N5O/c25-11-12-27-13-15-29(16-14-27)24(30)23(17-26)20-28(18-21-7-3-1-4-8-21)19-22-9-5-2-6-10-22/h1-10,20H,11-16,18-19,25H2/b23-20-. The van der Waals surface area contributed by atoms with Crippen molar-refractivity contribution >= 4 is 5.91 Å². The van der Waals surface area contributed by atoms with Crippen molar-refractivity contribution in [1.29, 1.82) is 5.26 Å². The van der Waals surface area contributed by atoms with Crippen molar-refractivity contribution in [2.75, 3.05) is 39.3 Å². The Morgan fingerprint density at radius 1 is 0.967 bits per heavy atom. The van der Waals surface area contributed by atoms with E-state index in [1.165, 1.54) is 0 Å². The third-order valence-corrected chi connectivity index (χ3v) is 5.22. The van der Waals surface area contributed by atoms with Gasteiger partial charge >= 0.3 is 0 Å². The van der Waals surface area contributed by atoms with E-state index in [2.05, 4.69) is 35.2 Å². The van der Waals surface area contributed by atoms with Gasteiger partial charge in [0.1, 0.15) is 11.6 Å². The molecule has 1 fully saturated rings. The lowest BCUT2D eigenvalue weighted by atomic mass is 10.1. The van der Waals surface area contributed by atoms with Gasteiger partial charge in [-0.2, -0.15) is 5.26 Å². The summed E-state index contributed by atoms with van der Waals surface area (Å²) in [5, 5.41) is 9.72. The van der Waals surface area contributed by atoms with E-state index in [0.29, 0.717) is 32.7 Å². The van der Waals surface area contributed by atoms with Crippen LogP contribution in [0.3, 0.4) is 0 Å². The van der Waals surface area contributed by atoms with Crippen LogP contribution < -0.4 is 5.73 Å². The molecule has 1 amide bonds. The van der Waals surface area contributed by atoms with Crippen LogP contribution in [0.25, 0.3) is 0 Å². The Balaban J connectivity index is 1.75. The summed E-state index contributed by atoms with van der Waals surface area (Å²) in [5.74, 6) is -0.198. The first kappa shape index (κ1) is 21.6. The minimum atomic E-state index is -0.198. The SMILES string of the molecule is N#C/C(=C/N(Cc1ccccc1)Cc1ccccc1)C(=O)N1CCN(CCN)CC1. The molecule has 2 N–H and O–H groups in total. The smallest absolute Gasteiger partial charge is 0.266 e. The zero-order valence-corrected chi connectivity index (χ0v) is 17.3. The Bertz CT molecular complexity index is 826. The van der Waals surface area contributed by atoms with Crippen LogP contribution in [0.15, 0.2) is 72.4 Å². The summed E-state index contributed by atoms with van der Waals surface area (Å²) in [6.45, 7) is 5.52. The lowest BCUT2D eigenvalue weighted by molar-refractivity contribution is -0.128. The summed E-state index contributed by atoms with van der Waals surface area (Å²) < 4.78 is 0. The van der Waals surface area contributed by atoms with Crippen LogP contribution in [0, 0.1) is 11.3 Å². The number of amides is 1. The third kappa shape index (κ3) is 6.18. The molecule has 6 nitrogen and oxygen atoms in total. The normalized spacial score (nSPS) is 14.9. The number of nitriles is 1. The van der Waals surface area contributed by atoms with Crippen LogP contribution in [0.1, 0.15) is 11.1 Å². The molecule has 1 heterocycles. The molecule has 30 heavy (non-hydrogen) atoms. The van der Waals surface area contributed by atoms with Crippen molar-refractivity contribution in [3.05, 3.63) is 83.6 Å². The van der Waals surface area contributed by atoms with Gasteiger partial charge in [0, 0.05) is 58.6 Å². The van der Waals surface area contributed by atoms with Gasteiger partial charge in [-0.3, -0.25) is 9.69 Å². The summed E-state index contributed by atoms with van der Waals surface area (Å²) in [5.41, 5.74) is 8.06. The van der Waals surface area contributed by atoms with Gasteiger partial charge < -0.3 is 15.5 Å². The predicted molar refractivity (Wildman–Crippen MR) is 118 cm³/mol. The van der Waals surface area contributed by atoms with Crippen molar-refractivity contribution in [2.45, 2.75) is 13.1 Å². The maximum absolute atomic E-state index is 13.0. The topological polar surface area (TPSA) is 76.6 Å². The van der Waals surface area contributed by atoms with Crippen LogP contribution in [-0.2, 0) is 17.9 Å². The second-order valence-corrected chi connectivity index (χ2v) is 7.45. The largest absolute Gasteiger partial charge is 0.367 e. The van der Waals surface area contributed by atoms with Gasteiger partial charge in [-0.15, -0.1) is 0 Å². The molecule has 2 aromatic carbocycles. The van der Waals surface area contributed by atoms with Crippen molar-refractivity contribution in [1.82, 2.24) is 14.7 Å². The van der Waals surface area contributed by atoms with Gasteiger partial charge in [-0.1, -0.05) is 60.7 Å². The van der Waals surface area contributed by atoms with Gasteiger partial charge in [0.05, 0.1) is 0 Å². The molecule has 0 spiro atoms. The predicted octanol–water partition coefficient (Wildman–Crippen LogP) is 2.20. The fraction of sp³-hybridized carbons (Fsp3) is 0.333. The minimum Gasteiger partial charge on any atom is -0.367 e. The number of hydrogen-bond donors (Lipinski definition) is 1. The van der Waals surface area contributed by atoms with Crippen LogP contribution in [0.5, 0.6) is 0 Å². The van der Waals surface area contributed by atoms with Crippen molar-refractivity contribution in [3.63, 3.8) is 0 Å². The average Bonchev–Trinajstić information content (AvgIpc) is 2.79. The summed E-state index contributed by atoms with van der Waals surface area (Å²) >= 11 is 0. The lowest BCUT2D eigenvalue weighted by Gasteiger charge is -2.34. The Morgan fingerprint density at radius 2 is 1.50 bits per heavy atom. The number of nitrogens with two attached hydrogens (primary N) is 1. The Hall–Kier alpha value is -3.14. The molecule has 0 bridgehead atoms. The fourth-order valence-electron chi connectivity index (χ4n) is 3.63. The van der Waals surface area contributed by atoms with Gasteiger partial charge in [-0.05, 0) is 11.1 Å². The zero-order chi connectivity index (χ0) is 21.2. The van der Waals surface area contributed by atoms with Gasteiger partial charge in [0.15, 0.2) is 0 Å². The number of rotatable bonds is 8. The molecule has 0 aliphatic carbocycles. The lowest BCUT2D eigenvalue weighted by Crippen LogP contribution is -2.50. The van der Waals surface area contributed by atoms with E-state index in [1.54, 1.807) is 11.1 Å². The van der Waals surface area contributed by atoms with Gasteiger partial charge in [0.25, 0.3) is 5.91 Å². The second kappa shape index (κ2) is 11.1. The first-order valence-electron chi connectivity index (χ1n) is 10.3. The van der Waals surface area contributed by atoms with Gasteiger partial charge in [0.2, 0.25) is 0 Å². The highest BCUT2D eigenvalue weighted by Gasteiger charge is 2.24.